The van der Waals surface area contributed by atoms with E-state index in [4.69, 9.17) is 0 Å². The molecule has 0 aliphatic heterocycles. The van der Waals surface area contributed by atoms with Crippen LogP contribution in [-0.4, -0.2) is 35.8 Å². The van der Waals surface area contributed by atoms with Crippen LogP contribution in [0.5, 0.6) is 0 Å². The third-order valence-corrected chi connectivity index (χ3v) is 3.88. The number of fused-ring (bicyclic) bond motifs is 1. The van der Waals surface area contributed by atoms with Crippen LogP contribution in [0.4, 0.5) is 5.82 Å². The van der Waals surface area contributed by atoms with Crippen molar-refractivity contribution in [3.8, 4) is 5.69 Å². The highest BCUT2D eigenvalue weighted by Crippen LogP contribution is 2.16. The van der Waals surface area contributed by atoms with Gasteiger partial charge in [0, 0.05) is 5.56 Å². The van der Waals surface area contributed by atoms with Crippen molar-refractivity contribution in [3.05, 3.63) is 65.7 Å². The molecule has 1 aromatic carbocycles. The average molecular weight is 332 g/mol. The molecule has 0 aliphatic rings. The van der Waals surface area contributed by atoms with Gasteiger partial charge in [-0.3, -0.25) is 5.43 Å². The summed E-state index contributed by atoms with van der Waals surface area (Å²) in [5, 5.41) is 20.9. The van der Waals surface area contributed by atoms with Gasteiger partial charge in [-0.15, -0.1) is 15.3 Å². The number of aromatic nitrogens is 6. The second kappa shape index (κ2) is 6.16. The number of hydrogen-bond donors (Lipinski definition) is 1. The van der Waals surface area contributed by atoms with E-state index < -0.39 is 0 Å². The van der Waals surface area contributed by atoms with Gasteiger partial charge >= 0.3 is 0 Å². The first-order valence-corrected chi connectivity index (χ1v) is 7.80. The average Bonchev–Trinajstić information content (AvgIpc) is 3.21. The van der Waals surface area contributed by atoms with Crippen LogP contribution < -0.4 is 5.43 Å². The molecule has 4 aromatic rings. The third kappa shape index (κ3) is 2.85. The highest BCUT2D eigenvalue weighted by molar-refractivity contribution is 5.83. The number of aryl methyl sites for hydroxylation is 1. The normalized spacial score (nSPS) is 11.4. The van der Waals surface area contributed by atoms with Crippen molar-refractivity contribution < 1.29 is 0 Å². The molecular formula is C17H16N8. The van der Waals surface area contributed by atoms with Crippen molar-refractivity contribution in [1.29, 1.82) is 0 Å². The summed E-state index contributed by atoms with van der Waals surface area (Å²) in [6, 6.07) is 13.6. The van der Waals surface area contributed by atoms with Gasteiger partial charge in [-0.1, -0.05) is 18.2 Å². The zero-order chi connectivity index (χ0) is 17.2. The summed E-state index contributed by atoms with van der Waals surface area (Å²) in [4.78, 5) is 0. The van der Waals surface area contributed by atoms with E-state index in [1.165, 1.54) is 0 Å². The summed E-state index contributed by atoms with van der Waals surface area (Å²) in [5.41, 5.74) is 7.54. The first-order chi connectivity index (χ1) is 12.2. The Kier molecular flexibility index (Phi) is 3.70. The molecule has 8 heteroatoms. The molecule has 124 valence electrons. The molecule has 1 N–H and O–H groups in total. The van der Waals surface area contributed by atoms with Gasteiger partial charge in [0.2, 0.25) is 0 Å². The Bertz CT molecular complexity index is 1050. The van der Waals surface area contributed by atoms with Crippen LogP contribution in [-0.2, 0) is 0 Å². The lowest BCUT2D eigenvalue weighted by atomic mass is 10.2. The lowest BCUT2D eigenvalue weighted by Crippen LogP contribution is -2.00. The van der Waals surface area contributed by atoms with E-state index in [2.05, 4.69) is 30.9 Å². The molecule has 3 heterocycles. The largest absolute Gasteiger partial charge is 0.260 e. The fourth-order valence-electron chi connectivity index (χ4n) is 2.61. The summed E-state index contributed by atoms with van der Waals surface area (Å²) in [6.07, 6.45) is 3.30. The minimum atomic E-state index is 0.606. The van der Waals surface area contributed by atoms with Gasteiger partial charge in [0.05, 0.1) is 23.3 Å². The Hall–Kier alpha value is -3.55. The predicted octanol–water partition coefficient (Wildman–Crippen LogP) is 2.37. The van der Waals surface area contributed by atoms with Crippen molar-refractivity contribution in [3.63, 3.8) is 0 Å². The fraction of sp³-hybridized carbons (Fsp3) is 0.118. The Morgan fingerprint density at radius 2 is 1.88 bits per heavy atom. The summed E-state index contributed by atoms with van der Waals surface area (Å²) in [5.74, 6) is 0.606. The smallest absolute Gasteiger partial charge is 0.177 e. The molecule has 0 aliphatic carbocycles. The molecule has 25 heavy (non-hydrogen) atoms. The molecule has 3 aromatic heterocycles. The maximum Gasteiger partial charge on any atom is 0.177 e. The van der Waals surface area contributed by atoms with Gasteiger partial charge in [0.25, 0.3) is 0 Å². The van der Waals surface area contributed by atoms with Gasteiger partial charge in [-0.05, 0) is 38.1 Å². The van der Waals surface area contributed by atoms with Crippen LogP contribution in [0.25, 0.3) is 11.3 Å². The number of hydrogen-bond acceptors (Lipinski definition) is 6. The molecule has 0 amide bonds. The Labute approximate surface area is 143 Å². The summed E-state index contributed by atoms with van der Waals surface area (Å²) in [7, 11) is 0. The molecule has 0 fully saturated rings. The zero-order valence-corrected chi connectivity index (χ0v) is 13.8. The number of anilines is 1. The van der Waals surface area contributed by atoms with Crippen molar-refractivity contribution in [2.24, 2.45) is 5.10 Å². The van der Waals surface area contributed by atoms with Crippen molar-refractivity contribution in [2.45, 2.75) is 13.8 Å². The van der Waals surface area contributed by atoms with E-state index in [1.54, 1.807) is 23.1 Å². The third-order valence-electron chi connectivity index (χ3n) is 3.88. The van der Waals surface area contributed by atoms with Crippen LogP contribution in [0.3, 0.4) is 0 Å². The van der Waals surface area contributed by atoms with Crippen LogP contribution in [0.15, 0.2) is 53.9 Å². The highest BCUT2D eigenvalue weighted by Gasteiger charge is 2.10. The lowest BCUT2D eigenvalue weighted by Gasteiger charge is -2.03. The standard InChI is InChI=1S/C17H16N8/c1-12-15(13(2)25(22-12)14-6-4-3-5-7-14)10-18-20-16-8-9-17-21-19-11-24(17)23-16/h3-11H,1-2H3,(H,20,23). The topological polar surface area (TPSA) is 85.3 Å². The number of nitrogens with one attached hydrogen (secondary N) is 1. The lowest BCUT2D eigenvalue weighted by molar-refractivity contribution is 0.833. The summed E-state index contributed by atoms with van der Waals surface area (Å²) < 4.78 is 3.50. The highest BCUT2D eigenvalue weighted by atomic mass is 15.4. The van der Waals surface area contributed by atoms with Gasteiger partial charge in [0.1, 0.15) is 6.33 Å². The van der Waals surface area contributed by atoms with Crippen LogP contribution in [0.2, 0.25) is 0 Å². The molecular weight excluding hydrogens is 316 g/mol. The van der Waals surface area contributed by atoms with Crippen molar-refractivity contribution in [1.82, 2.24) is 29.6 Å². The van der Waals surface area contributed by atoms with E-state index in [9.17, 15) is 0 Å². The molecule has 0 atom stereocenters. The van der Waals surface area contributed by atoms with E-state index in [-0.39, 0.29) is 0 Å². The van der Waals surface area contributed by atoms with E-state index in [1.807, 2.05) is 54.9 Å². The molecule has 0 radical (unpaired) electrons. The second-order valence-electron chi connectivity index (χ2n) is 5.55. The Balaban J connectivity index is 1.58. The summed E-state index contributed by atoms with van der Waals surface area (Å²) >= 11 is 0. The quantitative estimate of drug-likeness (QED) is 0.458. The molecule has 0 bridgehead atoms. The first-order valence-electron chi connectivity index (χ1n) is 7.80. The minimum Gasteiger partial charge on any atom is -0.260 e. The van der Waals surface area contributed by atoms with Gasteiger partial charge in [0.15, 0.2) is 11.5 Å². The number of hydrazone groups is 1. The summed E-state index contributed by atoms with van der Waals surface area (Å²) in [6.45, 7) is 3.99. The zero-order valence-electron chi connectivity index (χ0n) is 13.8. The first kappa shape index (κ1) is 15.0. The van der Waals surface area contributed by atoms with Crippen LogP contribution in [0.1, 0.15) is 17.0 Å². The molecule has 0 saturated heterocycles. The number of nitrogens with zero attached hydrogens (tertiary/aromatic N) is 7. The monoisotopic (exact) mass is 332 g/mol. The number of rotatable bonds is 4. The van der Waals surface area contributed by atoms with Gasteiger partial charge < -0.3 is 0 Å². The maximum absolute atomic E-state index is 4.60. The number of para-hydroxylation sites is 1. The maximum atomic E-state index is 4.60. The second-order valence-corrected chi connectivity index (χ2v) is 5.55. The number of benzene rings is 1. The van der Waals surface area contributed by atoms with Crippen LogP contribution >= 0.6 is 0 Å². The van der Waals surface area contributed by atoms with Crippen molar-refractivity contribution in [2.75, 3.05) is 5.43 Å². The van der Waals surface area contributed by atoms with Crippen molar-refractivity contribution >= 4 is 17.7 Å². The van der Waals surface area contributed by atoms with Gasteiger partial charge in [-0.2, -0.15) is 14.7 Å². The molecule has 0 spiro atoms. The molecule has 0 saturated carbocycles. The molecule has 8 nitrogen and oxygen atoms in total. The predicted molar refractivity (Wildman–Crippen MR) is 95.0 cm³/mol. The molecule has 0 unspecified atom stereocenters. The van der Waals surface area contributed by atoms with E-state index in [0.717, 1.165) is 22.6 Å². The Morgan fingerprint density at radius 1 is 1.04 bits per heavy atom. The Morgan fingerprint density at radius 3 is 2.72 bits per heavy atom. The van der Waals surface area contributed by atoms with E-state index >= 15 is 0 Å². The minimum absolute atomic E-state index is 0.606. The van der Waals surface area contributed by atoms with Crippen LogP contribution in [0, 0.1) is 13.8 Å². The molecule has 4 rings (SSSR count). The SMILES string of the molecule is Cc1nn(-c2ccccc2)c(C)c1C=NNc1ccc2nncn2n1. The van der Waals surface area contributed by atoms with E-state index in [0.29, 0.717) is 11.5 Å². The fourth-order valence-corrected chi connectivity index (χ4v) is 2.61. The van der Waals surface area contributed by atoms with Gasteiger partial charge in [-0.25, -0.2) is 4.68 Å².